The first kappa shape index (κ1) is 17.0. The van der Waals surface area contributed by atoms with Crippen molar-refractivity contribution in [2.45, 2.75) is 31.7 Å². The number of likely N-dealkylation sites (tertiary alicyclic amines) is 2. The van der Waals surface area contributed by atoms with Crippen molar-refractivity contribution in [3.63, 3.8) is 0 Å². The van der Waals surface area contributed by atoms with Crippen LogP contribution in [0.15, 0.2) is 24.3 Å². The van der Waals surface area contributed by atoms with Crippen molar-refractivity contribution in [1.29, 1.82) is 0 Å². The molecule has 0 saturated carbocycles. The number of aliphatic hydroxyl groups excluding tert-OH is 1. The van der Waals surface area contributed by atoms with E-state index in [1.807, 2.05) is 34.1 Å². The highest BCUT2D eigenvalue weighted by Gasteiger charge is 2.40. The fraction of sp³-hybridized carbons (Fsp3) is 0.526. The molecule has 2 aliphatic heterocycles. The molecule has 0 spiro atoms. The number of piperidine rings is 2. The van der Waals surface area contributed by atoms with E-state index in [0.717, 1.165) is 23.7 Å². The normalized spacial score (nSPS) is 23.3. The van der Waals surface area contributed by atoms with Crippen LogP contribution in [0.2, 0.25) is 0 Å². The quantitative estimate of drug-likeness (QED) is 0.866. The summed E-state index contributed by atoms with van der Waals surface area (Å²) in [7, 11) is 0. The zero-order chi connectivity index (χ0) is 18.1. The van der Waals surface area contributed by atoms with E-state index in [2.05, 4.69) is 10.2 Å². The number of hydrogen-bond acceptors (Lipinski definition) is 4. The number of rotatable bonds is 4. The topological polar surface area (TPSA) is 89.5 Å². The van der Waals surface area contributed by atoms with Crippen LogP contribution >= 0.6 is 0 Å². The van der Waals surface area contributed by atoms with Crippen molar-refractivity contribution in [3.05, 3.63) is 30.0 Å². The molecular formula is C19H24N4O3. The molecule has 26 heavy (non-hydrogen) atoms. The number of aromatic amines is 1. The lowest BCUT2D eigenvalue weighted by Gasteiger charge is -2.47. The number of aromatic nitrogens is 2. The average Bonchev–Trinajstić information content (AvgIpc) is 3.10. The SMILES string of the molecule is O=C(c1n[nH]c2ccccc12)N1CC[C@@H]2[C@@H](CCC(=O)N2CCCO)C1. The Balaban J connectivity index is 1.49. The minimum absolute atomic E-state index is 0.0419. The maximum absolute atomic E-state index is 13.0. The van der Waals surface area contributed by atoms with Crippen molar-refractivity contribution >= 4 is 22.7 Å². The van der Waals surface area contributed by atoms with Gasteiger partial charge in [0.05, 0.1) is 5.52 Å². The van der Waals surface area contributed by atoms with E-state index in [4.69, 9.17) is 5.11 Å². The first-order chi connectivity index (χ1) is 12.7. The van der Waals surface area contributed by atoms with Gasteiger partial charge in [-0.25, -0.2) is 0 Å². The summed E-state index contributed by atoms with van der Waals surface area (Å²) in [4.78, 5) is 29.1. The maximum atomic E-state index is 13.0. The zero-order valence-electron chi connectivity index (χ0n) is 14.7. The number of nitrogens with one attached hydrogen (secondary N) is 1. The van der Waals surface area contributed by atoms with Crippen LogP contribution < -0.4 is 0 Å². The van der Waals surface area contributed by atoms with Crippen molar-refractivity contribution in [2.75, 3.05) is 26.2 Å². The second-order valence-corrected chi connectivity index (χ2v) is 7.19. The van der Waals surface area contributed by atoms with Crippen molar-refractivity contribution < 1.29 is 14.7 Å². The van der Waals surface area contributed by atoms with E-state index in [9.17, 15) is 9.59 Å². The van der Waals surface area contributed by atoms with Gasteiger partial charge >= 0.3 is 0 Å². The Labute approximate surface area is 152 Å². The van der Waals surface area contributed by atoms with Gasteiger partial charge in [0.25, 0.3) is 5.91 Å². The number of para-hydroxylation sites is 1. The van der Waals surface area contributed by atoms with Gasteiger partial charge in [0.1, 0.15) is 0 Å². The van der Waals surface area contributed by atoms with Crippen LogP contribution in [0, 0.1) is 5.92 Å². The Morgan fingerprint density at radius 3 is 3.00 bits per heavy atom. The predicted octanol–water partition coefficient (Wildman–Crippen LogP) is 1.40. The lowest BCUT2D eigenvalue weighted by atomic mass is 9.83. The second-order valence-electron chi connectivity index (χ2n) is 7.19. The first-order valence-corrected chi connectivity index (χ1v) is 9.31. The van der Waals surface area contributed by atoms with Crippen LogP contribution in [0.3, 0.4) is 0 Å². The van der Waals surface area contributed by atoms with Gasteiger partial charge in [0, 0.05) is 44.1 Å². The van der Waals surface area contributed by atoms with Crippen LogP contribution in [0.5, 0.6) is 0 Å². The van der Waals surface area contributed by atoms with Gasteiger partial charge in [0.2, 0.25) is 5.91 Å². The van der Waals surface area contributed by atoms with Gasteiger partial charge in [0.15, 0.2) is 5.69 Å². The van der Waals surface area contributed by atoms with Crippen LogP contribution in [0.25, 0.3) is 10.9 Å². The van der Waals surface area contributed by atoms with Crippen molar-refractivity contribution in [2.24, 2.45) is 5.92 Å². The number of hydrogen-bond donors (Lipinski definition) is 2. The molecule has 3 heterocycles. The summed E-state index contributed by atoms with van der Waals surface area (Å²) in [5.74, 6) is 0.437. The summed E-state index contributed by atoms with van der Waals surface area (Å²) in [6, 6.07) is 7.83. The lowest BCUT2D eigenvalue weighted by Crippen LogP contribution is -2.57. The van der Waals surface area contributed by atoms with Crippen LogP contribution in [-0.2, 0) is 4.79 Å². The number of amides is 2. The highest BCUT2D eigenvalue weighted by molar-refractivity contribution is 6.04. The third kappa shape index (κ3) is 2.96. The van der Waals surface area contributed by atoms with Crippen molar-refractivity contribution in [3.8, 4) is 0 Å². The summed E-state index contributed by atoms with van der Waals surface area (Å²) in [5, 5.41) is 17.1. The van der Waals surface area contributed by atoms with Gasteiger partial charge in [-0.15, -0.1) is 0 Å². The molecule has 1 aromatic carbocycles. The molecule has 4 rings (SSSR count). The molecule has 0 radical (unpaired) electrons. The molecule has 2 aliphatic rings. The molecule has 1 aromatic heterocycles. The molecule has 2 atom stereocenters. The van der Waals surface area contributed by atoms with Gasteiger partial charge in [-0.2, -0.15) is 5.10 Å². The molecule has 7 heteroatoms. The van der Waals surface area contributed by atoms with Crippen LogP contribution in [0.1, 0.15) is 36.2 Å². The fourth-order valence-electron chi connectivity index (χ4n) is 4.34. The van der Waals surface area contributed by atoms with Gasteiger partial charge < -0.3 is 14.9 Å². The van der Waals surface area contributed by atoms with E-state index in [1.165, 1.54) is 0 Å². The number of benzene rings is 1. The maximum Gasteiger partial charge on any atom is 0.275 e. The zero-order valence-corrected chi connectivity index (χ0v) is 14.7. The van der Waals surface area contributed by atoms with Crippen molar-refractivity contribution in [1.82, 2.24) is 20.0 Å². The number of fused-ring (bicyclic) bond motifs is 2. The summed E-state index contributed by atoms with van der Waals surface area (Å²) >= 11 is 0. The molecular weight excluding hydrogens is 332 g/mol. The van der Waals surface area contributed by atoms with E-state index < -0.39 is 0 Å². The molecule has 138 valence electrons. The van der Waals surface area contributed by atoms with E-state index in [0.29, 0.717) is 44.1 Å². The van der Waals surface area contributed by atoms with Gasteiger partial charge in [-0.05, 0) is 31.2 Å². The predicted molar refractivity (Wildman–Crippen MR) is 96.5 cm³/mol. The molecule has 2 aromatic rings. The third-order valence-electron chi connectivity index (χ3n) is 5.66. The highest BCUT2D eigenvalue weighted by atomic mass is 16.3. The van der Waals surface area contributed by atoms with Crippen LogP contribution in [0.4, 0.5) is 0 Å². The largest absolute Gasteiger partial charge is 0.396 e. The standard InChI is InChI=1S/C19H24N4O3/c24-11-3-9-23-16-8-10-22(12-13(16)6-7-17(23)25)19(26)18-14-4-1-2-5-15(14)20-21-18/h1-2,4-5,13,16,24H,3,6-12H2,(H,20,21)/t13-,16+/m0/s1. The number of H-pyrrole nitrogens is 1. The van der Waals surface area contributed by atoms with Gasteiger partial charge in [-0.3, -0.25) is 14.7 Å². The number of carbonyl (C=O) groups is 2. The Hall–Kier alpha value is -2.41. The Morgan fingerprint density at radius 2 is 2.15 bits per heavy atom. The number of nitrogens with zero attached hydrogens (tertiary/aromatic N) is 3. The minimum Gasteiger partial charge on any atom is -0.396 e. The molecule has 0 bridgehead atoms. The molecule has 2 amide bonds. The Kier molecular flexibility index (Phi) is 4.63. The lowest BCUT2D eigenvalue weighted by molar-refractivity contribution is -0.140. The number of aliphatic hydroxyl groups is 1. The molecule has 2 fully saturated rings. The minimum atomic E-state index is -0.0419. The first-order valence-electron chi connectivity index (χ1n) is 9.31. The summed E-state index contributed by atoms with van der Waals surface area (Å²) in [6.45, 7) is 1.99. The Morgan fingerprint density at radius 1 is 1.31 bits per heavy atom. The van der Waals surface area contributed by atoms with E-state index in [-0.39, 0.29) is 24.5 Å². The average molecular weight is 356 g/mol. The smallest absolute Gasteiger partial charge is 0.275 e. The summed E-state index contributed by atoms with van der Waals surface area (Å²) in [6.07, 6.45) is 2.75. The third-order valence-corrected chi connectivity index (χ3v) is 5.66. The van der Waals surface area contributed by atoms with E-state index >= 15 is 0 Å². The van der Waals surface area contributed by atoms with E-state index in [1.54, 1.807) is 0 Å². The van der Waals surface area contributed by atoms with Gasteiger partial charge in [-0.1, -0.05) is 18.2 Å². The summed E-state index contributed by atoms with van der Waals surface area (Å²) in [5.41, 5.74) is 1.34. The molecule has 0 unspecified atom stereocenters. The fourth-order valence-corrected chi connectivity index (χ4v) is 4.34. The number of carbonyl (C=O) groups excluding carboxylic acids is 2. The molecule has 2 N–H and O–H groups in total. The molecule has 0 aliphatic carbocycles. The highest BCUT2D eigenvalue weighted by Crippen LogP contribution is 2.32. The summed E-state index contributed by atoms with van der Waals surface area (Å²) < 4.78 is 0. The Bertz CT molecular complexity index is 818. The second kappa shape index (κ2) is 7.07. The molecule has 2 saturated heterocycles. The van der Waals surface area contributed by atoms with Crippen LogP contribution in [-0.4, -0.2) is 69.2 Å². The molecule has 7 nitrogen and oxygen atoms in total. The monoisotopic (exact) mass is 356 g/mol.